The van der Waals surface area contributed by atoms with E-state index < -0.39 is 17.6 Å². The van der Waals surface area contributed by atoms with E-state index in [2.05, 4.69) is 15.5 Å². The number of carbonyl (C=O) groups is 1. The van der Waals surface area contributed by atoms with Gasteiger partial charge < -0.3 is 4.74 Å². The SMILES string of the molecule is Cc1ccc(-n2ncc3c(=O)n(NC(=O)[C@@H](C)Oc4ccccc4)cnc32)cc1. The van der Waals surface area contributed by atoms with Crippen molar-refractivity contribution in [1.29, 1.82) is 0 Å². The Morgan fingerprint density at radius 1 is 1.10 bits per heavy atom. The van der Waals surface area contributed by atoms with Crippen LogP contribution in [0.5, 0.6) is 5.75 Å². The molecule has 0 spiro atoms. The number of amides is 1. The number of nitrogens with one attached hydrogen (secondary N) is 1. The molecule has 0 unspecified atom stereocenters. The van der Waals surface area contributed by atoms with E-state index in [1.807, 2.05) is 49.4 Å². The maximum Gasteiger partial charge on any atom is 0.283 e. The van der Waals surface area contributed by atoms with Crippen molar-refractivity contribution in [3.8, 4) is 11.4 Å². The molecule has 1 amide bonds. The second-order valence-electron chi connectivity index (χ2n) is 6.60. The Hall–Kier alpha value is -3.94. The molecule has 4 rings (SSSR count). The number of rotatable bonds is 5. The summed E-state index contributed by atoms with van der Waals surface area (Å²) in [5, 5.41) is 4.57. The maximum absolute atomic E-state index is 12.8. The number of benzene rings is 2. The van der Waals surface area contributed by atoms with Crippen LogP contribution in [0.15, 0.2) is 71.9 Å². The van der Waals surface area contributed by atoms with E-state index in [9.17, 15) is 9.59 Å². The largest absolute Gasteiger partial charge is 0.481 e. The van der Waals surface area contributed by atoms with Crippen LogP contribution in [0, 0.1) is 6.92 Å². The van der Waals surface area contributed by atoms with Gasteiger partial charge in [-0.3, -0.25) is 15.0 Å². The third kappa shape index (κ3) is 3.73. The van der Waals surface area contributed by atoms with Gasteiger partial charge in [-0.2, -0.15) is 5.10 Å². The zero-order chi connectivity index (χ0) is 20.4. The predicted molar refractivity (Wildman–Crippen MR) is 109 cm³/mol. The first-order valence-electron chi connectivity index (χ1n) is 9.08. The quantitative estimate of drug-likeness (QED) is 0.566. The summed E-state index contributed by atoms with van der Waals surface area (Å²) in [6.45, 7) is 3.60. The molecule has 0 bridgehead atoms. The van der Waals surface area contributed by atoms with Gasteiger partial charge in [-0.15, -0.1) is 0 Å². The summed E-state index contributed by atoms with van der Waals surface area (Å²) < 4.78 is 8.21. The number of aromatic nitrogens is 4. The molecule has 8 nitrogen and oxygen atoms in total. The van der Waals surface area contributed by atoms with Gasteiger partial charge in [0.15, 0.2) is 11.8 Å². The minimum Gasteiger partial charge on any atom is -0.481 e. The fourth-order valence-corrected chi connectivity index (χ4v) is 2.83. The standard InChI is InChI=1S/C21H19N5O3/c1-14-8-10-16(11-9-14)26-19-18(12-23-26)21(28)25(13-22-19)24-20(27)15(2)29-17-6-4-3-5-7-17/h3-13,15H,1-2H3,(H,24,27)/t15-/m1/s1. The summed E-state index contributed by atoms with van der Waals surface area (Å²) in [5.74, 6) is 0.0958. The minimum atomic E-state index is -0.796. The molecule has 1 N–H and O–H groups in total. The zero-order valence-electron chi connectivity index (χ0n) is 15.9. The summed E-state index contributed by atoms with van der Waals surface area (Å²) in [5.41, 5.74) is 4.43. The molecule has 0 fully saturated rings. The number of fused-ring (bicyclic) bond motifs is 1. The first-order valence-corrected chi connectivity index (χ1v) is 9.08. The van der Waals surface area contributed by atoms with Gasteiger partial charge >= 0.3 is 0 Å². The lowest BCUT2D eigenvalue weighted by Crippen LogP contribution is -2.39. The van der Waals surface area contributed by atoms with Crippen LogP contribution in [0.2, 0.25) is 0 Å². The third-order valence-electron chi connectivity index (χ3n) is 4.42. The van der Waals surface area contributed by atoms with Crippen molar-refractivity contribution in [1.82, 2.24) is 19.4 Å². The van der Waals surface area contributed by atoms with Crippen LogP contribution in [0.4, 0.5) is 0 Å². The Morgan fingerprint density at radius 2 is 1.83 bits per heavy atom. The number of ether oxygens (including phenoxy) is 1. The van der Waals surface area contributed by atoms with Crippen molar-refractivity contribution >= 4 is 16.9 Å². The lowest BCUT2D eigenvalue weighted by atomic mass is 10.2. The van der Waals surface area contributed by atoms with Crippen LogP contribution in [0.25, 0.3) is 16.7 Å². The van der Waals surface area contributed by atoms with Crippen molar-refractivity contribution in [3.63, 3.8) is 0 Å². The fourth-order valence-electron chi connectivity index (χ4n) is 2.83. The van der Waals surface area contributed by atoms with E-state index in [1.165, 1.54) is 12.5 Å². The number of hydrogen-bond acceptors (Lipinski definition) is 5. The summed E-state index contributed by atoms with van der Waals surface area (Å²) in [4.78, 5) is 29.5. The van der Waals surface area contributed by atoms with Gasteiger partial charge in [0.05, 0.1) is 11.9 Å². The first-order chi connectivity index (χ1) is 14.0. The van der Waals surface area contributed by atoms with Crippen molar-refractivity contribution in [2.75, 3.05) is 5.43 Å². The highest BCUT2D eigenvalue weighted by molar-refractivity contribution is 5.88. The Labute approximate surface area is 166 Å². The maximum atomic E-state index is 12.8. The van der Waals surface area contributed by atoms with Gasteiger partial charge in [-0.05, 0) is 38.1 Å². The average molecular weight is 389 g/mol. The zero-order valence-corrected chi connectivity index (χ0v) is 15.9. The molecule has 0 radical (unpaired) electrons. The summed E-state index contributed by atoms with van der Waals surface area (Å²) in [6.07, 6.45) is 1.91. The molecule has 0 saturated heterocycles. The van der Waals surface area contributed by atoms with Crippen LogP contribution in [0.1, 0.15) is 12.5 Å². The van der Waals surface area contributed by atoms with Crippen LogP contribution in [0.3, 0.4) is 0 Å². The van der Waals surface area contributed by atoms with Crippen molar-refractivity contribution in [3.05, 3.63) is 83.0 Å². The number of para-hydroxylation sites is 1. The van der Waals surface area contributed by atoms with E-state index in [1.54, 1.807) is 23.7 Å². The molecule has 4 aromatic rings. The minimum absolute atomic E-state index is 0.296. The molecule has 2 heterocycles. The average Bonchev–Trinajstić information content (AvgIpc) is 3.16. The van der Waals surface area contributed by atoms with E-state index >= 15 is 0 Å². The Kier molecular flexibility index (Phi) is 4.82. The summed E-state index contributed by atoms with van der Waals surface area (Å²) in [7, 11) is 0. The number of nitrogens with zero attached hydrogens (tertiary/aromatic N) is 4. The molecule has 0 aliphatic rings. The second-order valence-corrected chi connectivity index (χ2v) is 6.60. The van der Waals surface area contributed by atoms with Crippen LogP contribution in [-0.4, -0.2) is 31.5 Å². The van der Waals surface area contributed by atoms with E-state index in [4.69, 9.17) is 4.74 Å². The lowest BCUT2D eigenvalue weighted by molar-refractivity contribution is -0.123. The monoisotopic (exact) mass is 389 g/mol. The predicted octanol–water partition coefficient (Wildman–Crippen LogP) is 2.43. The van der Waals surface area contributed by atoms with Crippen LogP contribution in [-0.2, 0) is 4.79 Å². The van der Waals surface area contributed by atoms with E-state index in [-0.39, 0.29) is 0 Å². The lowest BCUT2D eigenvalue weighted by Gasteiger charge is -2.15. The molecule has 1 atom stereocenters. The smallest absolute Gasteiger partial charge is 0.283 e. The molecule has 2 aromatic carbocycles. The van der Waals surface area contributed by atoms with Crippen molar-refractivity contribution in [2.24, 2.45) is 0 Å². The Morgan fingerprint density at radius 3 is 2.55 bits per heavy atom. The topological polar surface area (TPSA) is 91.0 Å². The van der Waals surface area contributed by atoms with Gasteiger partial charge in [0, 0.05) is 0 Å². The Balaban J connectivity index is 1.57. The van der Waals surface area contributed by atoms with Crippen LogP contribution < -0.4 is 15.7 Å². The van der Waals surface area contributed by atoms with Gasteiger partial charge in [0.25, 0.3) is 11.5 Å². The summed E-state index contributed by atoms with van der Waals surface area (Å²) in [6, 6.07) is 16.7. The fraction of sp³-hybridized carbons (Fsp3) is 0.143. The van der Waals surface area contributed by atoms with Crippen molar-refractivity contribution in [2.45, 2.75) is 20.0 Å². The van der Waals surface area contributed by atoms with Crippen molar-refractivity contribution < 1.29 is 9.53 Å². The normalized spacial score (nSPS) is 11.9. The van der Waals surface area contributed by atoms with Gasteiger partial charge in [-0.1, -0.05) is 35.9 Å². The highest BCUT2D eigenvalue weighted by Gasteiger charge is 2.17. The first kappa shape index (κ1) is 18.4. The van der Waals surface area contributed by atoms with E-state index in [0.29, 0.717) is 16.8 Å². The second kappa shape index (κ2) is 7.59. The van der Waals surface area contributed by atoms with Gasteiger partial charge in [0.1, 0.15) is 17.5 Å². The highest BCUT2D eigenvalue weighted by Crippen LogP contribution is 2.14. The molecule has 29 heavy (non-hydrogen) atoms. The number of aryl methyl sites for hydroxylation is 1. The highest BCUT2D eigenvalue weighted by atomic mass is 16.5. The molecule has 8 heteroatoms. The molecule has 2 aromatic heterocycles. The number of hydrogen-bond donors (Lipinski definition) is 1. The van der Waals surface area contributed by atoms with Crippen LogP contribution >= 0.6 is 0 Å². The van der Waals surface area contributed by atoms with Gasteiger partial charge in [-0.25, -0.2) is 14.3 Å². The molecular weight excluding hydrogens is 370 g/mol. The molecule has 0 aliphatic carbocycles. The van der Waals surface area contributed by atoms with E-state index in [0.717, 1.165) is 15.9 Å². The molecular formula is C21H19N5O3. The molecule has 146 valence electrons. The number of carbonyl (C=O) groups excluding carboxylic acids is 1. The third-order valence-corrected chi connectivity index (χ3v) is 4.42. The molecule has 0 saturated carbocycles. The Bertz CT molecular complexity index is 1210. The van der Waals surface area contributed by atoms with Gasteiger partial charge in [0.2, 0.25) is 0 Å². The molecule has 0 aliphatic heterocycles. The summed E-state index contributed by atoms with van der Waals surface area (Å²) >= 11 is 0.